The first-order valence-corrected chi connectivity index (χ1v) is 3.41. The van der Waals surface area contributed by atoms with E-state index in [1.165, 1.54) is 6.92 Å². The van der Waals surface area contributed by atoms with Gasteiger partial charge in [0.1, 0.15) is 0 Å². The van der Waals surface area contributed by atoms with Crippen LogP contribution in [0.2, 0.25) is 0 Å². The van der Waals surface area contributed by atoms with Gasteiger partial charge in [0.25, 0.3) is 0 Å². The molecule has 0 aliphatic carbocycles. The Morgan fingerprint density at radius 2 is 1.85 bits per heavy atom. The standard InChI is InChI=1S/C8H6F4O/c1-4-2-5(9)7(10)6(3-4)13-8(11)12/h2-3,8H,1H3. The van der Waals surface area contributed by atoms with Gasteiger partial charge >= 0.3 is 6.61 Å². The van der Waals surface area contributed by atoms with E-state index in [-0.39, 0.29) is 0 Å². The number of hydrogen-bond acceptors (Lipinski definition) is 1. The Kier molecular flexibility index (Phi) is 2.75. The monoisotopic (exact) mass is 194 g/mol. The molecule has 0 unspecified atom stereocenters. The lowest BCUT2D eigenvalue weighted by molar-refractivity contribution is -0.0525. The third kappa shape index (κ3) is 2.34. The third-order valence-corrected chi connectivity index (χ3v) is 1.36. The first-order valence-electron chi connectivity index (χ1n) is 3.41. The highest BCUT2D eigenvalue weighted by Gasteiger charge is 2.14. The van der Waals surface area contributed by atoms with Crippen molar-refractivity contribution in [3.63, 3.8) is 0 Å². The molecule has 13 heavy (non-hydrogen) atoms. The molecule has 1 aromatic carbocycles. The van der Waals surface area contributed by atoms with Crippen LogP contribution in [0.4, 0.5) is 17.6 Å². The minimum Gasteiger partial charge on any atom is -0.432 e. The maximum atomic E-state index is 12.7. The molecule has 0 spiro atoms. The molecule has 0 N–H and O–H groups in total. The normalized spacial score (nSPS) is 10.6. The van der Waals surface area contributed by atoms with Crippen molar-refractivity contribution >= 4 is 0 Å². The maximum Gasteiger partial charge on any atom is 0.387 e. The predicted molar refractivity (Wildman–Crippen MR) is 37.7 cm³/mol. The molecule has 0 aliphatic heterocycles. The molecular formula is C8H6F4O. The van der Waals surface area contributed by atoms with Gasteiger partial charge in [-0.1, -0.05) is 0 Å². The Morgan fingerprint density at radius 3 is 2.38 bits per heavy atom. The van der Waals surface area contributed by atoms with Gasteiger partial charge in [0.15, 0.2) is 11.6 Å². The van der Waals surface area contributed by atoms with Crippen molar-refractivity contribution in [3.05, 3.63) is 29.3 Å². The van der Waals surface area contributed by atoms with Crippen LogP contribution in [0.3, 0.4) is 0 Å². The van der Waals surface area contributed by atoms with Gasteiger partial charge in [-0.25, -0.2) is 4.39 Å². The van der Waals surface area contributed by atoms with E-state index in [4.69, 9.17) is 0 Å². The molecule has 0 fully saturated rings. The van der Waals surface area contributed by atoms with Gasteiger partial charge in [0.05, 0.1) is 0 Å². The number of alkyl halides is 2. The number of aryl methyl sites for hydroxylation is 1. The zero-order chi connectivity index (χ0) is 10.0. The number of rotatable bonds is 2. The van der Waals surface area contributed by atoms with Crippen LogP contribution in [-0.4, -0.2) is 6.61 Å². The van der Waals surface area contributed by atoms with Crippen LogP contribution in [-0.2, 0) is 0 Å². The molecule has 5 heteroatoms. The van der Waals surface area contributed by atoms with Gasteiger partial charge in [-0.2, -0.15) is 13.2 Å². The fourth-order valence-electron chi connectivity index (χ4n) is 0.874. The SMILES string of the molecule is Cc1cc(F)c(F)c(OC(F)F)c1. The van der Waals surface area contributed by atoms with Crippen LogP contribution in [0, 0.1) is 18.6 Å². The highest BCUT2D eigenvalue weighted by molar-refractivity contribution is 5.30. The van der Waals surface area contributed by atoms with Crippen LogP contribution in [0.25, 0.3) is 0 Å². The fourth-order valence-corrected chi connectivity index (χ4v) is 0.874. The van der Waals surface area contributed by atoms with E-state index in [0.717, 1.165) is 12.1 Å². The first kappa shape index (κ1) is 9.83. The summed E-state index contributed by atoms with van der Waals surface area (Å²) in [6.45, 7) is -1.71. The number of hydrogen-bond donors (Lipinski definition) is 0. The summed E-state index contributed by atoms with van der Waals surface area (Å²) in [5.74, 6) is -3.37. The smallest absolute Gasteiger partial charge is 0.387 e. The minimum absolute atomic E-state index is 0.314. The molecule has 1 rings (SSSR count). The lowest BCUT2D eigenvalue weighted by Crippen LogP contribution is -2.05. The lowest BCUT2D eigenvalue weighted by atomic mass is 10.2. The summed E-state index contributed by atoms with van der Waals surface area (Å²) >= 11 is 0. The second-order valence-corrected chi connectivity index (χ2v) is 2.44. The molecule has 0 amide bonds. The van der Waals surface area contributed by atoms with E-state index in [0.29, 0.717) is 5.56 Å². The lowest BCUT2D eigenvalue weighted by Gasteiger charge is -2.06. The summed E-state index contributed by atoms with van der Waals surface area (Å²) in [4.78, 5) is 0. The van der Waals surface area contributed by atoms with E-state index in [1.54, 1.807) is 0 Å². The van der Waals surface area contributed by atoms with Crippen LogP contribution in [0.5, 0.6) is 5.75 Å². The van der Waals surface area contributed by atoms with E-state index < -0.39 is 24.0 Å². The van der Waals surface area contributed by atoms with Crippen molar-refractivity contribution in [2.45, 2.75) is 13.5 Å². The van der Waals surface area contributed by atoms with Crippen LogP contribution in [0.1, 0.15) is 5.56 Å². The van der Waals surface area contributed by atoms with E-state index >= 15 is 0 Å². The third-order valence-electron chi connectivity index (χ3n) is 1.36. The van der Waals surface area contributed by atoms with Gasteiger partial charge in [0.2, 0.25) is 5.82 Å². The fraction of sp³-hybridized carbons (Fsp3) is 0.250. The zero-order valence-electron chi connectivity index (χ0n) is 6.65. The molecule has 72 valence electrons. The maximum absolute atomic E-state index is 12.7. The molecule has 1 aromatic rings. The summed E-state index contributed by atoms with van der Waals surface area (Å²) in [5.41, 5.74) is 0.314. The Balaban J connectivity index is 3.05. The van der Waals surface area contributed by atoms with Crippen LogP contribution >= 0.6 is 0 Å². The van der Waals surface area contributed by atoms with Gasteiger partial charge in [-0.3, -0.25) is 0 Å². The number of benzene rings is 1. The molecule has 1 nitrogen and oxygen atoms in total. The Bertz CT molecular complexity index is 311. The van der Waals surface area contributed by atoms with E-state index in [1.807, 2.05) is 0 Å². The molecule has 0 atom stereocenters. The van der Waals surface area contributed by atoms with Crippen molar-refractivity contribution in [3.8, 4) is 5.75 Å². The first-order chi connectivity index (χ1) is 6.00. The van der Waals surface area contributed by atoms with Gasteiger partial charge in [0, 0.05) is 0 Å². The zero-order valence-corrected chi connectivity index (χ0v) is 6.65. The van der Waals surface area contributed by atoms with Crippen molar-refractivity contribution in [1.82, 2.24) is 0 Å². The summed E-state index contributed by atoms with van der Waals surface area (Å²) in [6, 6.07) is 1.90. The predicted octanol–water partition coefficient (Wildman–Crippen LogP) is 2.87. The number of ether oxygens (including phenoxy) is 1. The van der Waals surface area contributed by atoms with Crippen molar-refractivity contribution in [2.24, 2.45) is 0 Å². The second-order valence-electron chi connectivity index (χ2n) is 2.44. The topological polar surface area (TPSA) is 9.23 Å². The highest BCUT2D eigenvalue weighted by Crippen LogP contribution is 2.23. The summed E-state index contributed by atoms with van der Waals surface area (Å²) in [7, 11) is 0. The molecule has 0 aromatic heterocycles. The molecule has 0 radical (unpaired) electrons. The Hall–Kier alpha value is -1.26. The summed E-state index contributed by atoms with van der Waals surface area (Å²) < 4.78 is 52.4. The highest BCUT2D eigenvalue weighted by atomic mass is 19.3. The average Bonchev–Trinajstić information content (AvgIpc) is 1.98. The summed E-state index contributed by atoms with van der Waals surface area (Å²) in [5, 5.41) is 0. The van der Waals surface area contributed by atoms with Gasteiger partial charge in [-0.05, 0) is 24.6 Å². The Morgan fingerprint density at radius 1 is 1.23 bits per heavy atom. The largest absolute Gasteiger partial charge is 0.432 e. The number of halogens is 4. The molecule has 0 bridgehead atoms. The van der Waals surface area contributed by atoms with Crippen molar-refractivity contribution < 1.29 is 22.3 Å². The molecule has 0 heterocycles. The molecule has 0 saturated carbocycles. The second kappa shape index (κ2) is 3.64. The Labute approximate surface area is 71.9 Å². The van der Waals surface area contributed by atoms with Crippen LogP contribution < -0.4 is 4.74 Å². The molecular weight excluding hydrogens is 188 g/mol. The van der Waals surface area contributed by atoms with Gasteiger partial charge < -0.3 is 4.74 Å². The van der Waals surface area contributed by atoms with E-state index in [9.17, 15) is 17.6 Å². The quantitative estimate of drug-likeness (QED) is 0.657. The summed E-state index contributed by atoms with van der Waals surface area (Å²) in [6.07, 6.45) is 0. The molecule has 0 aliphatic rings. The van der Waals surface area contributed by atoms with Crippen molar-refractivity contribution in [2.75, 3.05) is 0 Å². The van der Waals surface area contributed by atoms with E-state index in [2.05, 4.69) is 4.74 Å². The minimum atomic E-state index is -3.16. The molecule has 0 saturated heterocycles. The average molecular weight is 194 g/mol. The van der Waals surface area contributed by atoms with Gasteiger partial charge in [-0.15, -0.1) is 0 Å². The van der Waals surface area contributed by atoms with Crippen molar-refractivity contribution in [1.29, 1.82) is 0 Å². The van der Waals surface area contributed by atoms with Crippen LogP contribution in [0.15, 0.2) is 12.1 Å².